The van der Waals surface area contributed by atoms with Gasteiger partial charge in [0.05, 0.1) is 5.56 Å². The number of hydrogen-bond acceptors (Lipinski definition) is 3. The van der Waals surface area contributed by atoms with Gasteiger partial charge in [0.2, 0.25) is 0 Å². The quantitative estimate of drug-likeness (QED) is 0.881. The summed E-state index contributed by atoms with van der Waals surface area (Å²) in [7, 11) is 0. The number of nitrogens with one attached hydrogen (secondary N) is 1. The summed E-state index contributed by atoms with van der Waals surface area (Å²) < 4.78 is 37.0. The molecule has 1 aromatic rings. The number of pyridine rings is 1. The second-order valence-corrected chi connectivity index (χ2v) is 4.83. The maximum atomic E-state index is 12.3. The third-order valence-electron chi connectivity index (χ3n) is 3.27. The largest absolute Gasteiger partial charge is 0.417 e. The first-order valence-electron chi connectivity index (χ1n) is 5.91. The van der Waals surface area contributed by atoms with Crippen LogP contribution in [0.25, 0.3) is 0 Å². The molecular formula is C12H14F3N3O. The fraction of sp³-hybridized carbons (Fsp3) is 0.500. The third kappa shape index (κ3) is 3.23. The molecule has 1 aliphatic carbocycles. The highest BCUT2D eigenvalue weighted by Crippen LogP contribution is 2.29. The number of carbonyl (C=O) groups is 1. The number of nitrogens with zero attached hydrogens (tertiary/aromatic N) is 1. The van der Waals surface area contributed by atoms with Gasteiger partial charge in [0.25, 0.3) is 5.91 Å². The van der Waals surface area contributed by atoms with Crippen LogP contribution in [-0.2, 0) is 6.18 Å². The molecule has 3 N–H and O–H groups in total. The Morgan fingerprint density at radius 3 is 2.53 bits per heavy atom. The molecule has 0 aromatic carbocycles. The molecule has 0 unspecified atom stereocenters. The number of aromatic nitrogens is 1. The van der Waals surface area contributed by atoms with Crippen molar-refractivity contribution in [3.63, 3.8) is 0 Å². The molecule has 104 valence electrons. The van der Waals surface area contributed by atoms with Crippen molar-refractivity contribution in [1.29, 1.82) is 0 Å². The maximum absolute atomic E-state index is 12.3. The lowest BCUT2D eigenvalue weighted by Gasteiger charge is -2.38. The van der Waals surface area contributed by atoms with Crippen LogP contribution < -0.4 is 11.1 Å². The van der Waals surface area contributed by atoms with E-state index in [1.165, 1.54) is 0 Å². The second-order valence-electron chi connectivity index (χ2n) is 4.83. The van der Waals surface area contributed by atoms with Gasteiger partial charge in [0, 0.05) is 18.3 Å². The summed E-state index contributed by atoms with van der Waals surface area (Å²) in [5.41, 5.74) is 4.63. The molecule has 1 aromatic heterocycles. The Labute approximate surface area is 108 Å². The number of rotatable bonds is 3. The Hall–Kier alpha value is -1.63. The van der Waals surface area contributed by atoms with Crippen molar-refractivity contribution in [2.24, 2.45) is 5.73 Å². The second kappa shape index (κ2) is 4.80. The molecule has 0 spiro atoms. The Balaban J connectivity index is 1.96. The smallest absolute Gasteiger partial charge is 0.349 e. The minimum Gasteiger partial charge on any atom is -0.349 e. The zero-order valence-electron chi connectivity index (χ0n) is 10.1. The van der Waals surface area contributed by atoms with Crippen molar-refractivity contribution >= 4 is 5.91 Å². The van der Waals surface area contributed by atoms with Crippen LogP contribution in [0.2, 0.25) is 0 Å². The predicted molar refractivity (Wildman–Crippen MR) is 62.3 cm³/mol. The summed E-state index contributed by atoms with van der Waals surface area (Å²) in [5.74, 6) is -0.509. The Morgan fingerprint density at radius 2 is 2.11 bits per heavy atom. The molecule has 1 fully saturated rings. The molecule has 0 radical (unpaired) electrons. The molecule has 4 nitrogen and oxygen atoms in total. The van der Waals surface area contributed by atoms with E-state index in [9.17, 15) is 18.0 Å². The molecule has 7 heteroatoms. The summed E-state index contributed by atoms with van der Waals surface area (Å²) in [5, 5.41) is 2.59. The van der Waals surface area contributed by atoms with E-state index in [2.05, 4.69) is 10.3 Å². The molecule has 0 aliphatic heterocycles. The highest BCUT2D eigenvalue weighted by Gasteiger charge is 2.33. The van der Waals surface area contributed by atoms with Crippen LogP contribution in [0.5, 0.6) is 0 Å². The van der Waals surface area contributed by atoms with E-state index >= 15 is 0 Å². The standard InChI is InChI=1S/C12H14F3N3O/c13-12(14,15)8-2-3-9(17-6-8)10(19)18-7-11(16)4-1-5-11/h2-3,6H,1,4-5,7,16H2,(H,18,19). The van der Waals surface area contributed by atoms with E-state index in [0.29, 0.717) is 12.7 Å². The molecule has 1 aliphatic rings. The van der Waals surface area contributed by atoms with Gasteiger partial charge in [-0.15, -0.1) is 0 Å². The first-order valence-corrected chi connectivity index (χ1v) is 5.91. The predicted octanol–water partition coefficient (Wildman–Crippen LogP) is 1.71. The number of carbonyl (C=O) groups excluding carboxylic acids is 1. The lowest BCUT2D eigenvalue weighted by atomic mass is 9.78. The average Bonchev–Trinajstić information content (AvgIpc) is 2.33. The van der Waals surface area contributed by atoms with Gasteiger partial charge in [0.15, 0.2) is 0 Å². The molecule has 1 saturated carbocycles. The van der Waals surface area contributed by atoms with Crippen molar-refractivity contribution in [3.05, 3.63) is 29.6 Å². The first kappa shape index (κ1) is 13.8. The van der Waals surface area contributed by atoms with Crippen molar-refractivity contribution in [1.82, 2.24) is 10.3 Å². The molecule has 0 bridgehead atoms. The molecule has 0 saturated heterocycles. The Morgan fingerprint density at radius 1 is 1.42 bits per heavy atom. The van der Waals surface area contributed by atoms with Crippen LogP contribution in [0, 0.1) is 0 Å². The van der Waals surface area contributed by atoms with E-state index in [1.54, 1.807) is 0 Å². The monoisotopic (exact) mass is 273 g/mol. The summed E-state index contributed by atoms with van der Waals surface area (Å²) >= 11 is 0. The number of alkyl halides is 3. The Kier molecular flexibility index (Phi) is 3.49. The van der Waals surface area contributed by atoms with Crippen LogP contribution in [0.4, 0.5) is 13.2 Å². The lowest BCUT2D eigenvalue weighted by molar-refractivity contribution is -0.137. The van der Waals surface area contributed by atoms with Crippen LogP contribution in [0.3, 0.4) is 0 Å². The summed E-state index contributed by atoms with van der Waals surface area (Å²) in [6.07, 6.45) is -1.09. The minimum absolute atomic E-state index is 0.0454. The topological polar surface area (TPSA) is 68.0 Å². The van der Waals surface area contributed by atoms with Crippen LogP contribution >= 0.6 is 0 Å². The first-order chi connectivity index (χ1) is 8.80. The molecule has 0 atom stereocenters. The van der Waals surface area contributed by atoms with Crippen molar-refractivity contribution in [2.45, 2.75) is 31.0 Å². The van der Waals surface area contributed by atoms with Crippen LogP contribution in [-0.4, -0.2) is 23.0 Å². The zero-order chi connectivity index (χ0) is 14.1. The maximum Gasteiger partial charge on any atom is 0.417 e. The zero-order valence-corrected chi connectivity index (χ0v) is 10.1. The number of nitrogens with two attached hydrogens (primary N) is 1. The number of hydrogen-bond donors (Lipinski definition) is 2. The molecular weight excluding hydrogens is 259 g/mol. The van der Waals surface area contributed by atoms with E-state index in [0.717, 1.165) is 31.4 Å². The molecule has 1 heterocycles. The van der Waals surface area contributed by atoms with Gasteiger partial charge in [-0.2, -0.15) is 13.2 Å². The van der Waals surface area contributed by atoms with Crippen LogP contribution in [0.15, 0.2) is 18.3 Å². The highest BCUT2D eigenvalue weighted by molar-refractivity contribution is 5.92. The van der Waals surface area contributed by atoms with Gasteiger partial charge in [-0.1, -0.05) is 0 Å². The average molecular weight is 273 g/mol. The fourth-order valence-electron chi connectivity index (χ4n) is 1.85. The lowest BCUT2D eigenvalue weighted by Crippen LogP contribution is -2.55. The van der Waals surface area contributed by atoms with Crippen molar-refractivity contribution < 1.29 is 18.0 Å². The minimum atomic E-state index is -4.45. The third-order valence-corrected chi connectivity index (χ3v) is 3.27. The van der Waals surface area contributed by atoms with Gasteiger partial charge in [-0.3, -0.25) is 9.78 Å². The number of amides is 1. The van der Waals surface area contributed by atoms with Gasteiger partial charge >= 0.3 is 6.18 Å². The van der Waals surface area contributed by atoms with Crippen molar-refractivity contribution in [2.75, 3.05) is 6.54 Å². The number of halogens is 3. The Bertz CT molecular complexity index is 466. The molecule has 19 heavy (non-hydrogen) atoms. The summed E-state index contributed by atoms with van der Waals surface area (Å²) in [4.78, 5) is 15.2. The highest BCUT2D eigenvalue weighted by atomic mass is 19.4. The van der Waals surface area contributed by atoms with Gasteiger partial charge < -0.3 is 11.1 Å². The van der Waals surface area contributed by atoms with Gasteiger partial charge in [-0.05, 0) is 31.4 Å². The van der Waals surface area contributed by atoms with Gasteiger partial charge in [-0.25, -0.2) is 0 Å². The van der Waals surface area contributed by atoms with E-state index in [4.69, 9.17) is 5.73 Å². The molecule has 1 amide bonds. The summed E-state index contributed by atoms with van der Waals surface area (Å²) in [6.45, 7) is 0.314. The van der Waals surface area contributed by atoms with Crippen LogP contribution in [0.1, 0.15) is 35.3 Å². The normalized spacial score (nSPS) is 17.7. The van der Waals surface area contributed by atoms with E-state index in [-0.39, 0.29) is 11.2 Å². The fourth-order valence-corrected chi connectivity index (χ4v) is 1.85. The molecule has 2 rings (SSSR count). The SMILES string of the molecule is NC1(CNC(=O)c2ccc(C(F)(F)F)cn2)CCC1. The van der Waals surface area contributed by atoms with E-state index in [1.807, 2.05) is 0 Å². The summed E-state index contributed by atoms with van der Waals surface area (Å²) in [6, 6.07) is 1.89. The van der Waals surface area contributed by atoms with E-state index < -0.39 is 17.6 Å². The van der Waals surface area contributed by atoms with Gasteiger partial charge in [0.1, 0.15) is 5.69 Å². The van der Waals surface area contributed by atoms with Crippen molar-refractivity contribution in [3.8, 4) is 0 Å².